The lowest BCUT2D eigenvalue weighted by molar-refractivity contribution is 0.0989. The Kier molecular flexibility index (Phi) is 4.32. The van der Waals surface area contributed by atoms with E-state index in [1.807, 2.05) is 0 Å². The van der Waals surface area contributed by atoms with Crippen LogP contribution in [0.3, 0.4) is 0 Å². The molecule has 2 aromatic rings. The molecule has 2 rings (SSSR count). The number of carbonyl (C=O) groups excluding carboxylic acids is 1. The zero-order valence-electron chi connectivity index (χ0n) is 9.59. The minimum Gasteiger partial charge on any atom is -0.294 e. The summed E-state index contributed by atoms with van der Waals surface area (Å²) in [5.74, 6) is -1.55. The van der Waals surface area contributed by atoms with Crippen LogP contribution in [0.15, 0.2) is 40.9 Å². The topological polar surface area (TPSA) is 17.1 Å². The second kappa shape index (κ2) is 5.80. The molecule has 0 saturated carbocycles. The third-order valence-corrected chi connectivity index (χ3v) is 3.45. The molecule has 0 aliphatic rings. The molecule has 5 heteroatoms. The molecule has 0 fully saturated rings. The molecule has 98 valence electrons. The van der Waals surface area contributed by atoms with Gasteiger partial charge in [-0.1, -0.05) is 27.5 Å². The second-order valence-electron chi connectivity index (χ2n) is 3.96. The molecule has 0 spiro atoms. The number of benzene rings is 2. The largest absolute Gasteiger partial charge is 0.294 e. The molecule has 0 atom stereocenters. The maximum absolute atomic E-state index is 13.6. The van der Waals surface area contributed by atoms with Gasteiger partial charge in [-0.25, -0.2) is 8.78 Å². The monoisotopic (exact) mass is 344 g/mol. The molecule has 0 bridgehead atoms. The van der Waals surface area contributed by atoms with Crippen LogP contribution in [0, 0.1) is 11.6 Å². The van der Waals surface area contributed by atoms with E-state index < -0.39 is 17.4 Å². The van der Waals surface area contributed by atoms with Gasteiger partial charge < -0.3 is 0 Å². The van der Waals surface area contributed by atoms with Crippen molar-refractivity contribution in [2.24, 2.45) is 0 Å². The van der Waals surface area contributed by atoms with Crippen LogP contribution in [-0.4, -0.2) is 5.78 Å². The van der Waals surface area contributed by atoms with Crippen LogP contribution in [0.25, 0.3) is 0 Å². The molecule has 0 saturated heterocycles. The standard InChI is InChI=1S/C14H8BrClF2O/c15-9-1-4-13(18)11(7-9)14(19)6-8-5-10(17)2-3-12(8)16/h1-5,7H,6H2. The number of hydrogen-bond acceptors (Lipinski definition) is 1. The predicted molar refractivity (Wildman–Crippen MR) is 73.5 cm³/mol. The van der Waals surface area contributed by atoms with Crippen molar-refractivity contribution < 1.29 is 13.6 Å². The van der Waals surface area contributed by atoms with Crippen LogP contribution < -0.4 is 0 Å². The lowest BCUT2D eigenvalue weighted by Crippen LogP contribution is -2.07. The van der Waals surface area contributed by atoms with E-state index in [9.17, 15) is 13.6 Å². The van der Waals surface area contributed by atoms with Crippen LogP contribution in [0.4, 0.5) is 8.78 Å². The van der Waals surface area contributed by atoms with Gasteiger partial charge in [0.1, 0.15) is 11.6 Å². The van der Waals surface area contributed by atoms with Crippen molar-refractivity contribution in [1.82, 2.24) is 0 Å². The van der Waals surface area contributed by atoms with Gasteiger partial charge in [0.2, 0.25) is 0 Å². The van der Waals surface area contributed by atoms with Gasteiger partial charge in [-0.15, -0.1) is 0 Å². The molecule has 1 nitrogen and oxygen atoms in total. The Morgan fingerprint density at radius 3 is 2.63 bits per heavy atom. The van der Waals surface area contributed by atoms with Crippen molar-refractivity contribution in [3.63, 3.8) is 0 Å². The maximum atomic E-state index is 13.6. The van der Waals surface area contributed by atoms with Gasteiger partial charge >= 0.3 is 0 Å². The fraction of sp³-hybridized carbons (Fsp3) is 0.0714. The molecule has 0 N–H and O–H groups in total. The number of hydrogen-bond donors (Lipinski definition) is 0. The quantitative estimate of drug-likeness (QED) is 0.730. The summed E-state index contributed by atoms with van der Waals surface area (Å²) in [4.78, 5) is 12.0. The summed E-state index contributed by atoms with van der Waals surface area (Å²) in [6.45, 7) is 0. The van der Waals surface area contributed by atoms with Gasteiger partial charge in [-0.2, -0.15) is 0 Å². The van der Waals surface area contributed by atoms with Crippen molar-refractivity contribution in [2.45, 2.75) is 6.42 Å². The van der Waals surface area contributed by atoms with Gasteiger partial charge in [0.05, 0.1) is 5.56 Å². The number of ketones is 1. The van der Waals surface area contributed by atoms with E-state index in [0.717, 1.165) is 0 Å². The Hall–Kier alpha value is -1.26. The van der Waals surface area contributed by atoms with Gasteiger partial charge in [-0.05, 0) is 42.0 Å². The Morgan fingerprint density at radius 2 is 1.89 bits per heavy atom. The number of Topliss-reactive ketones (excluding diaryl/α,β-unsaturated/α-hetero) is 1. The van der Waals surface area contributed by atoms with Crippen molar-refractivity contribution in [3.8, 4) is 0 Å². The Balaban J connectivity index is 2.30. The normalized spacial score (nSPS) is 10.5. The molecule has 0 radical (unpaired) electrons. The summed E-state index contributed by atoms with van der Waals surface area (Å²) < 4.78 is 27.2. The number of rotatable bonds is 3. The first-order chi connectivity index (χ1) is 8.97. The summed E-state index contributed by atoms with van der Waals surface area (Å²) in [6, 6.07) is 7.85. The van der Waals surface area contributed by atoms with Gasteiger partial charge in [0, 0.05) is 15.9 Å². The lowest BCUT2D eigenvalue weighted by Gasteiger charge is -2.06. The van der Waals surface area contributed by atoms with Crippen LogP contribution in [0.5, 0.6) is 0 Å². The van der Waals surface area contributed by atoms with Crippen LogP contribution in [0.2, 0.25) is 5.02 Å². The molecular weight excluding hydrogens is 338 g/mol. The zero-order chi connectivity index (χ0) is 14.0. The third-order valence-electron chi connectivity index (χ3n) is 2.59. The van der Waals surface area contributed by atoms with Gasteiger partial charge in [0.15, 0.2) is 5.78 Å². The van der Waals surface area contributed by atoms with E-state index >= 15 is 0 Å². The fourth-order valence-electron chi connectivity index (χ4n) is 1.66. The first kappa shape index (κ1) is 14.2. The first-order valence-corrected chi connectivity index (χ1v) is 6.56. The van der Waals surface area contributed by atoms with Crippen LogP contribution in [-0.2, 0) is 6.42 Å². The summed E-state index contributed by atoms with van der Waals surface area (Å²) in [5, 5.41) is 0.283. The first-order valence-electron chi connectivity index (χ1n) is 5.39. The molecule has 0 unspecified atom stereocenters. The molecular formula is C14H8BrClF2O. The summed E-state index contributed by atoms with van der Waals surface area (Å²) in [7, 11) is 0. The second-order valence-corrected chi connectivity index (χ2v) is 5.28. The molecule has 0 aromatic heterocycles. The highest BCUT2D eigenvalue weighted by molar-refractivity contribution is 9.10. The summed E-state index contributed by atoms with van der Waals surface area (Å²) >= 11 is 9.05. The van der Waals surface area contributed by atoms with E-state index in [4.69, 9.17) is 11.6 Å². The molecule has 0 heterocycles. The molecule has 2 aromatic carbocycles. The highest BCUT2D eigenvalue weighted by Crippen LogP contribution is 2.21. The molecule has 19 heavy (non-hydrogen) atoms. The third kappa shape index (κ3) is 3.39. The maximum Gasteiger partial charge on any atom is 0.170 e. The highest BCUT2D eigenvalue weighted by atomic mass is 79.9. The van der Waals surface area contributed by atoms with Crippen molar-refractivity contribution in [3.05, 3.63) is 68.7 Å². The van der Waals surface area contributed by atoms with E-state index in [1.165, 1.54) is 36.4 Å². The smallest absolute Gasteiger partial charge is 0.170 e. The van der Waals surface area contributed by atoms with Crippen molar-refractivity contribution in [1.29, 1.82) is 0 Å². The minimum absolute atomic E-state index is 0.0466. The highest BCUT2D eigenvalue weighted by Gasteiger charge is 2.15. The van der Waals surface area contributed by atoms with Gasteiger partial charge in [-0.3, -0.25) is 4.79 Å². The zero-order valence-corrected chi connectivity index (χ0v) is 11.9. The van der Waals surface area contributed by atoms with E-state index in [2.05, 4.69) is 15.9 Å². The lowest BCUT2D eigenvalue weighted by atomic mass is 10.0. The fourth-order valence-corrected chi connectivity index (χ4v) is 2.20. The minimum atomic E-state index is -0.610. The SMILES string of the molecule is O=C(Cc1cc(F)ccc1Cl)c1cc(Br)ccc1F. The molecule has 0 aliphatic carbocycles. The summed E-state index contributed by atoms with van der Waals surface area (Å²) in [6.07, 6.45) is -0.149. The van der Waals surface area contributed by atoms with E-state index in [0.29, 0.717) is 10.0 Å². The number of halogens is 4. The number of carbonyl (C=O) groups is 1. The van der Waals surface area contributed by atoms with Gasteiger partial charge in [0.25, 0.3) is 0 Å². The Bertz CT molecular complexity index is 643. The Morgan fingerprint density at radius 1 is 1.16 bits per heavy atom. The predicted octanol–water partition coefficient (Wildman–Crippen LogP) is 4.81. The van der Waals surface area contributed by atoms with E-state index in [1.54, 1.807) is 0 Å². The van der Waals surface area contributed by atoms with Crippen LogP contribution in [0.1, 0.15) is 15.9 Å². The van der Waals surface area contributed by atoms with Crippen molar-refractivity contribution in [2.75, 3.05) is 0 Å². The Labute approximate surface area is 122 Å². The molecule has 0 aliphatic heterocycles. The van der Waals surface area contributed by atoms with Crippen molar-refractivity contribution >= 4 is 33.3 Å². The average molecular weight is 346 g/mol. The summed E-state index contributed by atoms with van der Waals surface area (Å²) in [5.41, 5.74) is 0.292. The van der Waals surface area contributed by atoms with Crippen LogP contribution >= 0.6 is 27.5 Å². The molecule has 0 amide bonds. The van der Waals surface area contributed by atoms with E-state index in [-0.39, 0.29) is 17.0 Å². The average Bonchev–Trinajstić information content (AvgIpc) is 2.36.